The number of hydrogen-bond acceptors (Lipinski definition) is 2. The van der Waals surface area contributed by atoms with Gasteiger partial charge < -0.3 is 10.6 Å². The number of anilines is 2. The first-order chi connectivity index (χ1) is 15.2. The van der Waals surface area contributed by atoms with Crippen LogP contribution in [-0.4, -0.2) is 17.7 Å². The van der Waals surface area contributed by atoms with Crippen molar-refractivity contribution in [3.8, 4) is 0 Å². The van der Waals surface area contributed by atoms with Gasteiger partial charge >= 0.3 is 12.4 Å². The van der Waals surface area contributed by atoms with Gasteiger partial charge in [0, 0.05) is 17.3 Å². The zero-order valence-electron chi connectivity index (χ0n) is 16.4. The number of amides is 2. The van der Waals surface area contributed by atoms with Crippen LogP contribution in [0.3, 0.4) is 0 Å². The van der Waals surface area contributed by atoms with E-state index in [-0.39, 0.29) is 30.1 Å². The summed E-state index contributed by atoms with van der Waals surface area (Å²) in [7, 11) is 0. The molecule has 180 valence electrons. The summed E-state index contributed by atoms with van der Waals surface area (Å²) in [6, 6.07) is 5.29. The second-order valence-electron chi connectivity index (χ2n) is 6.75. The van der Waals surface area contributed by atoms with Gasteiger partial charge in [-0.1, -0.05) is 23.2 Å². The second kappa shape index (κ2) is 10.8. The SMILES string of the molecule is O=C(Nc1ccc(Cl)c(C(F)(F)F)c1)C(CCCCl)C(=O)Nc1ccc(Cl)c(C(F)(F)F)c1. The summed E-state index contributed by atoms with van der Waals surface area (Å²) in [5, 5.41) is 3.23. The van der Waals surface area contributed by atoms with Crippen molar-refractivity contribution < 1.29 is 35.9 Å². The lowest BCUT2D eigenvalue weighted by molar-refractivity contribution is -0.138. The molecule has 0 aliphatic rings. The number of carbonyl (C=O) groups is 2. The van der Waals surface area contributed by atoms with Gasteiger partial charge in [-0.15, -0.1) is 11.6 Å². The molecule has 0 aromatic heterocycles. The van der Waals surface area contributed by atoms with Crippen molar-refractivity contribution in [1.82, 2.24) is 0 Å². The molecule has 0 heterocycles. The Bertz CT molecular complexity index is 950. The molecule has 0 spiro atoms. The fourth-order valence-corrected chi connectivity index (χ4v) is 3.37. The summed E-state index contributed by atoms with van der Waals surface area (Å²) < 4.78 is 78.2. The minimum Gasteiger partial charge on any atom is -0.325 e. The van der Waals surface area contributed by atoms with Crippen molar-refractivity contribution in [2.24, 2.45) is 5.92 Å². The Hall–Kier alpha value is -2.17. The van der Waals surface area contributed by atoms with Gasteiger partial charge in [-0.3, -0.25) is 9.59 Å². The average Bonchev–Trinajstić information content (AvgIpc) is 2.69. The third kappa shape index (κ3) is 7.41. The van der Waals surface area contributed by atoms with Crippen LogP contribution in [0.4, 0.5) is 37.7 Å². The van der Waals surface area contributed by atoms with Crippen LogP contribution in [0, 0.1) is 5.92 Å². The van der Waals surface area contributed by atoms with Crippen molar-refractivity contribution in [2.75, 3.05) is 16.5 Å². The minimum atomic E-state index is -4.78. The van der Waals surface area contributed by atoms with Crippen molar-refractivity contribution in [1.29, 1.82) is 0 Å². The molecular formula is C20H15Cl3F6N2O2. The predicted octanol–water partition coefficient (Wildman–Crippen LogP) is 7.24. The molecular weight excluding hydrogens is 521 g/mol. The first kappa shape index (κ1) is 27.1. The van der Waals surface area contributed by atoms with Crippen LogP contribution in [0.2, 0.25) is 10.0 Å². The topological polar surface area (TPSA) is 58.2 Å². The number of halogens is 9. The lowest BCUT2D eigenvalue weighted by atomic mass is 10.0. The van der Waals surface area contributed by atoms with Crippen LogP contribution < -0.4 is 10.6 Å². The first-order valence-electron chi connectivity index (χ1n) is 9.15. The monoisotopic (exact) mass is 534 g/mol. The first-order valence-corrected chi connectivity index (χ1v) is 10.4. The van der Waals surface area contributed by atoms with Crippen molar-refractivity contribution in [3.05, 3.63) is 57.6 Å². The Morgan fingerprint density at radius 3 is 1.52 bits per heavy atom. The highest BCUT2D eigenvalue weighted by atomic mass is 35.5. The standard InChI is InChI=1S/C20H15Cl3F6N2O2/c21-7-1-2-12(17(32)30-10-3-5-15(22)13(8-10)19(24,25)26)18(33)31-11-4-6-16(23)14(9-11)20(27,28)29/h3-6,8-9,12H,1-2,7H2,(H,30,32)(H,31,33). The highest BCUT2D eigenvalue weighted by Crippen LogP contribution is 2.37. The van der Waals surface area contributed by atoms with Crippen molar-refractivity contribution in [3.63, 3.8) is 0 Å². The van der Waals surface area contributed by atoms with Crippen LogP contribution in [0.15, 0.2) is 36.4 Å². The minimum absolute atomic E-state index is 0.0649. The van der Waals surface area contributed by atoms with Crippen LogP contribution in [-0.2, 0) is 21.9 Å². The summed E-state index contributed by atoms with van der Waals surface area (Å²) >= 11 is 16.7. The predicted molar refractivity (Wildman–Crippen MR) is 114 cm³/mol. The lowest BCUT2D eigenvalue weighted by Gasteiger charge is -2.18. The van der Waals surface area contributed by atoms with Gasteiger partial charge in [-0.25, -0.2) is 0 Å². The van der Waals surface area contributed by atoms with E-state index in [1.54, 1.807) is 0 Å². The van der Waals surface area contributed by atoms with E-state index in [9.17, 15) is 35.9 Å². The normalized spacial score (nSPS) is 12.1. The fourth-order valence-electron chi connectivity index (χ4n) is 2.76. The summed E-state index contributed by atoms with van der Waals surface area (Å²) in [6.45, 7) is 0. The maximum Gasteiger partial charge on any atom is 0.417 e. The number of carbonyl (C=O) groups excluding carboxylic acids is 2. The molecule has 0 radical (unpaired) electrons. The highest BCUT2D eigenvalue weighted by molar-refractivity contribution is 6.32. The number of benzene rings is 2. The number of hydrogen-bond donors (Lipinski definition) is 2. The number of rotatable bonds is 7. The summed E-state index contributed by atoms with van der Waals surface area (Å²) in [6.07, 6.45) is -9.49. The Morgan fingerprint density at radius 1 is 0.788 bits per heavy atom. The van der Waals surface area contributed by atoms with E-state index < -0.39 is 51.3 Å². The Kier molecular flexibility index (Phi) is 8.89. The van der Waals surface area contributed by atoms with Gasteiger partial charge in [0.25, 0.3) is 0 Å². The van der Waals surface area contributed by atoms with E-state index in [1.165, 1.54) is 0 Å². The quantitative estimate of drug-likeness (QED) is 0.223. The van der Waals surface area contributed by atoms with Gasteiger partial charge in [0.2, 0.25) is 11.8 Å². The molecule has 0 saturated heterocycles. The maximum atomic E-state index is 13.0. The van der Waals surface area contributed by atoms with Crippen LogP contribution in [0.25, 0.3) is 0 Å². The summed E-state index contributed by atoms with van der Waals surface area (Å²) in [4.78, 5) is 25.3. The molecule has 0 saturated carbocycles. The maximum absolute atomic E-state index is 13.0. The second-order valence-corrected chi connectivity index (χ2v) is 7.94. The van der Waals surface area contributed by atoms with E-state index >= 15 is 0 Å². The summed E-state index contributed by atoms with van der Waals surface area (Å²) in [5.41, 5.74) is -2.92. The molecule has 2 amide bonds. The largest absolute Gasteiger partial charge is 0.417 e. The zero-order chi connectivity index (χ0) is 25.0. The van der Waals surface area contributed by atoms with Gasteiger partial charge in [0.1, 0.15) is 5.92 Å². The van der Waals surface area contributed by atoms with Crippen LogP contribution in [0.5, 0.6) is 0 Å². The van der Waals surface area contributed by atoms with E-state index in [4.69, 9.17) is 34.8 Å². The van der Waals surface area contributed by atoms with Gasteiger partial charge in [0.05, 0.1) is 21.2 Å². The molecule has 2 N–H and O–H groups in total. The summed E-state index contributed by atoms with van der Waals surface area (Å²) in [5.74, 6) is -3.34. The van der Waals surface area contributed by atoms with Crippen LogP contribution in [0.1, 0.15) is 24.0 Å². The molecule has 13 heteroatoms. The molecule has 0 fully saturated rings. The van der Waals surface area contributed by atoms with Gasteiger partial charge in [-0.05, 0) is 49.2 Å². The molecule has 0 aliphatic carbocycles. The Morgan fingerprint density at radius 2 is 1.18 bits per heavy atom. The molecule has 2 aromatic carbocycles. The Labute approximate surface area is 199 Å². The number of nitrogens with one attached hydrogen (secondary N) is 2. The smallest absolute Gasteiger partial charge is 0.325 e. The molecule has 33 heavy (non-hydrogen) atoms. The molecule has 0 aliphatic heterocycles. The molecule has 4 nitrogen and oxygen atoms in total. The Balaban J connectivity index is 2.25. The molecule has 0 bridgehead atoms. The molecule has 2 rings (SSSR count). The number of alkyl halides is 7. The average molecular weight is 536 g/mol. The molecule has 2 aromatic rings. The van der Waals surface area contributed by atoms with Crippen LogP contribution >= 0.6 is 34.8 Å². The molecule has 0 atom stereocenters. The van der Waals surface area contributed by atoms with Gasteiger partial charge in [-0.2, -0.15) is 26.3 Å². The van der Waals surface area contributed by atoms with Crippen molar-refractivity contribution in [2.45, 2.75) is 25.2 Å². The third-order valence-electron chi connectivity index (χ3n) is 4.34. The third-order valence-corrected chi connectivity index (χ3v) is 5.26. The van der Waals surface area contributed by atoms with Crippen molar-refractivity contribution >= 4 is 58.0 Å². The van der Waals surface area contributed by atoms with E-state index in [1.807, 2.05) is 0 Å². The fraction of sp³-hybridized carbons (Fsp3) is 0.300. The lowest BCUT2D eigenvalue weighted by Crippen LogP contribution is -2.34. The van der Waals surface area contributed by atoms with Gasteiger partial charge in [0.15, 0.2) is 0 Å². The zero-order valence-corrected chi connectivity index (χ0v) is 18.6. The van der Waals surface area contributed by atoms with E-state index in [2.05, 4.69) is 10.6 Å². The van der Waals surface area contributed by atoms with E-state index in [0.29, 0.717) is 12.1 Å². The van der Waals surface area contributed by atoms with E-state index in [0.717, 1.165) is 24.3 Å². The highest BCUT2D eigenvalue weighted by Gasteiger charge is 2.35. The molecule has 0 unspecified atom stereocenters.